The Morgan fingerprint density at radius 3 is 2.63 bits per heavy atom. The van der Waals surface area contributed by atoms with Gasteiger partial charge in [0.2, 0.25) is 5.78 Å². The summed E-state index contributed by atoms with van der Waals surface area (Å²) in [5.74, 6) is -0.455. The Labute approximate surface area is 160 Å². The predicted molar refractivity (Wildman–Crippen MR) is 107 cm³/mol. The van der Waals surface area contributed by atoms with E-state index in [0.29, 0.717) is 30.8 Å². The number of fused-ring (bicyclic) bond motifs is 1. The Morgan fingerprint density at radius 2 is 1.93 bits per heavy atom. The molecule has 1 aromatic heterocycles. The first kappa shape index (κ1) is 19.2. The van der Waals surface area contributed by atoms with E-state index in [2.05, 4.69) is 13.5 Å². The van der Waals surface area contributed by atoms with Crippen LogP contribution in [0.15, 0.2) is 43.0 Å². The quantitative estimate of drug-likeness (QED) is 0.358. The zero-order valence-electron chi connectivity index (χ0n) is 15.9. The predicted octanol–water partition coefficient (Wildman–Crippen LogP) is 4.97. The van der Waals surface area contributed by atoms with Crippen molar-refractivity contribution in [2.24, 2.45) is 0 Å². The first-order valence-corrected chi connectivity index (χ1v) is 9.79. The summed E-state index contributed by atoms with van der Waals surface area (Å²) in [6, 6.07) is 11.1. The maximum absolute atomic E-state index is 12.9. The van der Waals surface area contributed by atoms with Crippen molar-refractivity contribution >= 4 is 17.8 Å². The normalized spacial score (nSPS) is 15.4. The summed E-state index contributed by atoms with van der Waals surface area (Å²) in [4.78, 5) is 25.3. The van der Waals surface area contributed by atoms with Gasteiger partial charge in [0.15, 0.2) is 0 Å². The van der Waals surface area contributed by atoms with Gasteiger partial charge in [-0.1, -0.05) is 63.1 Å². The average molecular weight is 365 g/mol. The van der Waals surface area contributed by atoms with E-state index in [9.17, 15) is 9.59 Å². The molecule has 0 saturated carbocycles. The van der Waals surface area contributed by atoms with E-state index in [4.69, 9.17) is 4.74 Å². The van der Waals surface area contributed by atoms with Gasteiger partial charge in [0.25, 0.3) is 0 Å². The van der Waals surface area contributed by atoms with Crippen molar-refractivity contribution < 1.29 is 14.3 Å². The Balaban J connectivity index is 1.67. The van der Waals surface area contributed by atoms with Gasteiger partial charge in [-0.25, -0.2) is 0 Å². The van der Waals surface area contributed by atoms with Gasteiger partial charge >= 0.3 is 5.97 Å². The number of ketones is 1. The number of esters is 1. The van der Waals surface area contributed by atoms with E-state index in [1.807, 2.05) is 41.0 Å². The molecule has 0 amide bonds. The van der Waals surface area contributed by atoms with Crippen LogP contribution in [0.5, 0.6) is 0 Å². The zero-order valence-corrected chi connectivity index (χ0v) is 15.9. The third kappa shape index (κ3) is 4.21. The molecule has 0 fully saturated rings. The van der Waals surface area contributed by atoms with Crippen molar-refractivity contribution in [1.82, 2.24) is 4.57 Å². The molecule has 2 heterocycles. The van der Waals surface area contributed by atoms with Gasteiger partial charge in [-0.3, -0.25) is 9.59 Å². The molecule has 4 heteroatoms. The summed E-state index contributed by atoms with van der Waals surface area (Å²) >= 11 is 0. The average Bonchev–Trinajstić information content (AvgIpc) is 3.29. The van der Waals surface area contributed by atoms with Crippen LogP contribution in [0.2, 0.25) is 0 Å². The molecule has 0 aliphatic carbocycles. The van der Waals surface area contributed by atoms with E-state index >= 15 is 0 Å². The minimum atomic E-state index is -0.263. The Bertz CT molecular complexity index is 817. The van der Waals surface area contributed by atoms with Gasteiger partial charge in [0, 0.05) is 17.8 Å². The molecular formula is C23H27NO3. The van der Waals surface area contributed by atoms with Gasteiger partial charge in [-0.15, -0.1) is 0 Å². The molecule has 0 saturated heterocycles. The van der Waals surface area contributed by atoms with Crippen molar-refractivity contribution in [3.05, 3.63) is 65.5 Å². The topological polar surface area (TPSA) is 48.3 Å². The highest BCUT2D eigenvalue weighted by molar-refractivity contribution is 6.08. The van der Waals surface area contributed by atoms with Crippen molar-refractivity contribution in [3.8, 4) is 0 Å². The first-order chi connectivity index (χ1) is 13.2. The summed E-state index contributed by atoms with van der Waals surface area (Å²) < 4.78 is 7.43. The van der Waals surface area contributed by atoms with Crippen molar-refractivity contribution in [3.63, 3.8) is 0 Å². The Hall–Kier alpha value is -2.62. The minimum Gasteiger partial charge on any atom is -0.465 e. The molecule has 2 aromatic rings. The fraction of sp³-hybridized carbons (Fsp3) is 0.391. The summed E-state index contributed by atoms with van der Waals surface area (Å²) in [5, 5.41) is 0. The molecule has 0 bridgehead atoms. The molecular weight excluding hydrogens is 338 g/mol. The van der Waals surface area contributed by atoms with Crippen LogP contribution in [0.3, 0.4) is 0 Å². The number of ether oxygens (including phenoxy) is 1. The molecule has 142 valence electrons. The molecule has 0 N–H and O–H groups in total. The second-order valence-electron chi connectivity index (χ2n) is 7.02. The summed E-state index contributed by atoms with van der Waals surface area (Å²) in [6.07, 6.45) is 6.79. The highest BCUT2D eigenvalue weighted by atomic mass is 16.5. The van der Waals surface area contributed by atoms with Gasteiger partial charge in [0.05, 0.1) is 18.2 Å². The lowest BCUT2D eigenvalue weighted by Crippen LogP contribution is -2.14. The van der Waals surface area contributed by atoms with E-state index in [0.717, 1.165) is 30.5 Å². The van der Waals surface area contributed by atoms with E-state index < -0.39 is 0 Å². The van der Waals surface area contributed by atoms with E-state index in [1.165, 1.54) is 6.42 Å². The molecule has 4 nitrogen and oxygen atoms in total. The Morgan fingerprint density at radius 1 is 1.15 bits per heavy atom. The lowest BCUT2D eigenvalue weighted by atomic mass is 10.0. The van der Waals surface area contributed by atoms with Gasteiger partial charge in [-0.2, -0.15) is 0 Å². The van der Waals surface area contributed by atoms with Crippen LogP contribution in [-0.4, -0.2) is 22.9 Å². The monoisotopic (exact) mass is 365 g/mol. The van der Waals surface area contributed by atoms with Gasteiger partial charge in [0.1, 0.15) is 0 Å². The number of hydrogen-bond donors (Lipinski definition) is 0. The van der Waals surface area contributed by atoms with Crippen LogP contribution in [0, 0.1) is 0 Å². The molecule has 1 aliphatic heterocycles. The minimum absolute atomic E-state index is 0.0227. The van der Waals surface area contributed by atoms with Gasteiger partial charge in [-0.05, 0) is 30.5 Å². The molecule has 3 rings (SSSR count). The fourth-order valence-corrected chi connectivity index (χ4v) is 3.60. The van der Waals surface area contributed by atoms with Crippen molar-refractivity contribution in [2.75, 3.05) is 6.61 Å². The standard InChI is InChI=1S/C23H27NO3/c1-3-5-6-7-16-27-23(26)19-14-15-24-20(19)12-13-21(24)22(25)18-10-8-17(4-2)9-11-18/h4,8-13,19H,2-3,5-7,14-16H2,1H3. The molecule has 27 heavy (non-hydrogen) atoms. The lowest BCUT2D eigenvalue weighted by molar-refractivity contribution is -0.145. The number of benzene rings is 1. The van der Waals surface area contributed by atoms with Crippen LogP contribution < -0.4 is 0 Å². The van der Waals surface area contributed by atoms with Crippen LogP contribution in [0.4, 0.5) is 0 Å². The summed E-state index contributed by atoms with van der Waals surface area (Å²) in [5.41, 5.74) is 3.14. The highest BCUT2D eigenvalue weighted by Gasteiger charge is 2.32. The van der Waals surface area contributed by atoms with Crippen LogP contribution in [-0.2, 0) is 16.1 Å². The van der Waals surface area contributed by atoms with Crippen LogP contribution in [0.25, 0.3) is 6.08 Å². The molecule has 1 aromatic carbocycles. The number of carbonyl (C=O) groups is 2. The van der Waals surface area contributed by atoms with Gasteiger partial charge < -0.3 is 9.30 Å². The summed E-state index contributed by atoms with van der Waals surface area (Å²) in [6.45, 7) is 7.04. The van der Waals surface area contributed by atoms with Crippen LogP contribution in [0.1, 0.15) is 72.3 Å². The highest BCUT2D eigenvalue weighted by Crippen LogP contribution is 2.32. The number of nitrogens with zero attached hydrogens (tertiary/aromatic N) is 1. The second kappa shape index (κ2) is 8.85. The maximum Gasteiger partial charge on any atom is 0.315 e. The molecule has 0 radical (unpaired) electrons. The molecule has 1 unspecified atom stereocenters. The first-order valence-electron chi connectivity index (χ1n) is 9.79. The van der Waals surface area contributed by atoms with Crippen molar-refractivity contribution in [1.29, 1.82) is 0 Å². The second-order valence-corrected chi connectivity index (χ2v) is 7.02. The lowest BCUT2D eigenvalue weighted by Gasteiger charge is -2.10. The largest absolute Gasteiger partial charge is 0.465 e. The fourth-order valence-electron chi connectivity index (χ4n) is 3.60. The number of hydrogen-bond acceptors (Lipinski definition) is 3. The number of unbranched alkanes of at least 4 members (excludes halogenated alkanes) is 3. The maximum atomic E-state index is 12.9. The summed E-state index contributed by atoms with van der Waals surface area (Å²) in [7, 11) is 0. The third-order valence-electron chi connectivity index (χ3n) is 5.18. The van der Waals surface area contributed by atoms with Crippen molar-refractivity contribution in [2.45, 2.75) is 51.5 Å². The zero-order chi connectivity index (χ0) is 19.2. The van der Waals surface area contributed by atoms with E-state index in [-0.39, 0.29) is 17.7 Å². The molecule has 1 atom stereocenters. The SMILES string of the molecule is C=Cc1ccc(C(=O)c2ccc3n2CCC3C(=O)OCCCCCC)cc1. The third-order valence-corrected chi connectivity index (χ3v) is 5.18. The van der Waals surface area contributed by atoms with Crippen LogP contribution >= 0.6 is 0 Å². The number of rotatable bonds is 9. The number of aromatic nitrogens is 1. The van der Waals surface area contributed by atoms with E-state index in [1.54, 1.807) is 6.08 Å². The smallest absolute Gasteiger partial charge is 0.315 e. The number of carbonyl (C=O) groups excluding carboxylic acids is 2. The molecule has 1 aliphatic rings. The molecule has 0 spiro atoms. The Kier molecular flexibility index (Phi) is 6.28.